The van der Waals surface area contributed by atoms with Crippen LogP contribution in [0.25, 0.3) is 0 Å². The quantitative estimate of drug-likeness (QED) is 0.0222. The number of aliphatic hydroxyl groups is 1. The third kappa shape index (κ3) is 68.3. The highest BCUT2D eigenvalue weighted by Gasteiger charge is 2.30. The van der Waals surface area contributed by atoms with Crippen LogP contribution in [0.1, 0.15) is 402 Å². The van der Waals surface area contributed by atoms with E-state index < -0.39 is 97.5 Å². The lowest BCUT2D eigenvalue weighted by molar-refractivity contribution is -0.161. The molecule has 0 aliphatic heterocycles. The first-order valence-electron chi connectivity index (χ1n) is 40.5. The number of hydrogen-bond acceptors (Lipinski definition) is 15. The van der Waals surface area contributed by atoms with Gasteiger partial charge in [0.05, 0.1) is 26.4 Å². The smallest absolute Gasteiger partial charge is 0.462 e. The van der Waals surface area contributed by atoms with Gasteiger partial charge >= 0.3 is 39.5 Å². The summed E-state index contributed by atoms with van der Waals surface area (Å²) in [6.07, 6.45) is 55.5. The van der Waals surface area contributed by atoms with E-state index in [9.17, 15) is 43.2 Å². The van der Waals surface area contributed by atoms with Gasteiger partial charge < -0.3 is 33.8 Å². The molecule has 0 fully saturated rings. The molecule has 0 heterocycles. The molecule has 3 N–H and O–H groups in total. The molecule has 0 rings (SSSR count). The van der Waals surface area contributed by atoms with Gasteiger partial charge in [0.2, 0.25) is 0 Å². The number of hydrogen-bond donors (Lipinski definition) is 3. The lowest BCUT2D eigenvalue weighted by Gasteiger charge is -2.21. The lowest BCUT2D eigenvalue weighted by Crippen LogP contribution is -2.30. The molecule has 19 heteroatoms. The second-order valence-corrected chi connectivity index (χ2v) is 31.7. The molecule has 0 amide bonds. The van der Waals surface area contributed by atoms with Gasteiger partial charge in [-0.05, 0) is 43.4 Å². The monoisotopic (exact) mass is 1420 g/mol. The van der Waals surface area contributed by atoms with E-state index in [1.807, 2.05) is 0 Å². The van der Waals surface area contributed by atoms with Crippen LogP contribution in [0.4, 0.5) is 0 Å². The molecule has 0 saturated heterocycles. The molecule has 97 heavy (non-hydrogen) atoms. The fourth-order valence-electron chi connectivity index (χ4n) is 11.9. The summed E-state index contributed by atoms with van der Waals surface area (Å²) >= 11 is 0. The van der Waals surface area contributed by atoms with Gasteiger partial charge in [-0.3, -0.25) is 37.3 Å². The van der Waals surface area contributed by atoms with Crippen LogP contribution in [-0.4, -0.2) is 96.7 Å². The van der Waals surface area contributed by atoms with Gasteiger partial charge in [0.25, 0.3) is 0 Å². The van der Waals surface area contributed by atoms with Crippen LogP contribution in [-0.2, 0) is 65.4 Å². The summed E-state index contributed by atoms with van der Waals surface area (Å²) in [5.41, 5.74) is 0. The zero-order valence-electron chi connectivity index (χ0n) is 63.5. The summed E-state index contributed by atoms with van der Waals surface area (Å²) in [5, 5.41) is 10.6. The van der Waals surface area contributed by atoms with Crippen molar-refractivity contribution in [3.05, 3.63) is 0 Å². The summed E-state index contributed by atoms with van der Waals surface area (Å²) in [6, 6.07) is 0. The van der Waals surface area contributed by atoms with Crippen molar-refractivity contribution in [2.75, 3.05) is 39.6 Å². The fourth-order valence-corrected chi connectivity index (χ4v) is 13.4. The first-order chi connectivity index (χ1) is 46.8. The average Bonchev–Trinajstić information content (AvgIpc) is 1.26. The lowest BCUT2D eigenvalue weighted by atomic mass is 9.99. The molecule has 0 aromatic heterocycles. The van der Waals surface area contributed by atoms with Crippen LogP contribution in [0.5, 0.6) is 0 Å². The predicted octanol–water partition coefficient (Wildman–Crippen LogP) is 23.0. The van der Waals surface area contributed by atoms with Crippen LogP contribution in [0.2, 0.25) is 0 Å². The third-order valence-corrected chi connectivity index (χ3v) is 21.1. The predicted molar refractivity (Wildman–Crippen MR) is 395 cm³/mol. The van der Waals surface area contributed by atoms with E-state index in [4.69, 9.17) is 37.0 Å². The van der Waals surface area contributed by atoms with E-state index >= 15 is 0 Å². The van der Waals surface area contributed by atoms with Crippen molar-refractivity contribution in [3.63, 3.8) is 0 Å². The van der Waals surface area contributed by atoms with E-state index in [2.05, 4.69) is 48.5 Å². The Labute approximate surface area is 594 Å². The van der Waals surface area contributed by atoms with Crippen molar-refractivity contribution >= 4 is 39.5 Å². The molecule has 576 valence electrons. The maximum Gasteiger partial charge on any atom is 0.472 e. The minimum atomic E-state index is -4.96. The Hall–Kier alpha value is -1.94. The molecule has 0 aliphatic carbocycles. The molecule has 0 aromatic rings. The Bertz CT molecular complexity index is 1890. The van der Waals surface area contributed by atoms with E-state index in [1.54, 1.807) is 0 Å². The number of unbranched alkanes of at least 4 members (excludes halogenated alkanes) is 41. The maximum absolute atomic E-state index is 13.1. The summed E-state index contributed by atoms with van der Waals surface area (Å²) in [5.74, 6) is 0.364. The number of rotatable bonds is 76. The van der Waals surface area contributed by atoms with Crippen LogP contribution in [0, 0.1) is 17.8 Å². The second kappa shape index (κ2) is 68.5. The Balaban J connectivity index is 5.17. The van der Waals surface area contributed by atoms with Crippen molar-refractivity contribution in [1.82, 2.24) is 0 Å². The third-order valence-electron chi connectivity index (χ3n) is 19.2. The van der Waals surface area contributed by atoms with Crippen LogP contribution < -0.4 is 0 Å². The molecule has 5 unspecified atom stereocenters. The van der Waals surface area contributed by atoms with Gasteiger partial charge in [-0.2, -0.15) is 0 Å². The van der Waals surface area contributed by atoms with Gasteiger partial charge in [0.1, 0.15) is 19.3 Å². The summed E-state index contributed by atoms with van der Waals surface area (Å²) in [6.45, 7) is 12.0. The molecule has 17 nitrogen and oxygen atoms in total. The van der Waals surface area contributed by atoms with Gasteiger partial charge in [0, 0.05) is 25.7 Å². The zero-order valence-corrected chi connectivity index (χ0v) is 65.3. The van der Waals surface area contributed by atoms with Crippen LogP contribution in [0.3, 0.4) is 0 Å². The molecule has 0 radical (unpaired) electrons. The van der Waals surface area contributed by atoms with Crippen molar-refractivity contribution in [3.8, 4) is 0 Å². The Morgan fingerprint density at radius 1 is 0.289 bits per heavy atom. The highest BCUT2D eigenvalue weighted by molar-refractivity contribution is 7.47. The number of phosphoric ester groups is 2. The Morgan fingerprint density at radius 3 is 0.732 bits per heavy atom. The number of esters is 4. The van der Waals surface area contributed by atoms with Crippen LogP contribution in [0.15, 0.2) is 0 Å². The first kappa shape index (κ1) is 95.1. The molecule has 0 spiro atoms. The van der Waals surface area contributed by atoms with E-state index in [0.29, 0.717) is 25.7 Å². The topological polar surface area (TPSA) is 237 Å². The fraction of sp³-hybridized carbons (Fsp3) is 0.949. The van der Waals surface area contributed by atoms with Gasteiger partial charge in [-0.25, -0.2) is 9.13 Å². The zero-order chi connectivity index (χ0) is 71.6. The molecular weight excluding hydrogens is 1270 g/mol. The summed E-state index contributed by atoms with van der Waals surface area (Å²) < 4.78 is 68.5. The molecule has 0 saturated carbocycles. The van der Waals surface area contributed by atoms with Crippen LogP contribution >= 0.6 is 15.6 Å². The highest BCUT2D eigenvalue weighted by atomic mass is 31.2. The molecule has 0 aliphatic rings. The van der Waals surface area contributed by atoms with Crippen molar-refractivity contribution in [2.24, 2.45) is 17.8 Å². The van der Waals surface area contributed by atoms with E-state index in [0.717, 1.165) is 120 Å². The molecule has 0 bridgehead atoms. The van der Waals surface area contributed by atoms with E-state index in [1.165, 1.54) is 199 Å². The summed E-state index contributed by atoms with van der Waals surface area (Å²) in [7, 11) is -9.91. The number of ether oxygens (including phenoxy) is 4. The normalized spacial score (nSPS) is 14.9. The van der Waals surface area contributed by atoms with Crippen molar-refractivity contribution < 1.29 is 80.2 Å². The molecule has 8 atom stereocenters. The average molecular weight is 1420 g/mol. The van der Waals surface area contributed by atoms with Gasteiger partial charge in [-0.15, -0.1) is 0 Å². The number of phosphoric acid groups is 2. The van der Waals surface area contributed by atoms with E-state index in [-0.39, 0.29) is 25.7 Å². The van der Waals surface area contributed by atoms with Gasteiger partial charge in [-0.1, -0.05) is 350 Å². The first-order valence-corrected chi connectivity index (χ1v) is 43.5. The SMILES string of the molecule is CCCCCCCCCC(=O)OC[C@H](COP(=O)(O)OC[C@H](O)COP(=O)(O)OC[C@@H](COC(=O)CCCCCCCCCCCCC(C)CC)OC(=O)CCCCCCCCCCCCCCCCCCCCC(C)CC)OC(=O)CCCCCCCCCCCCC(C)CC. The van der Waals surface area contributed by atoms with Crippen molar-refractivity contribution in [2.45, 2.75) is 420 Å². The Kier molecular flexibility index (Phi) is 67.1. The van der Waals surface area contributed by atoms with Crippen molar-refractivity contribution in [1.29, 1.82) is 0 Å². The molecule has 0 aromatic carbocycles. The summed E-state index contributed by atoms with van der Waals surface area (Å²) in [4.78, 5) is 72.7. The number of aliphatic hydroxyl groups excluding tert-OH is 1. The van der Waals surface area contributed by atoms with Gasteiger partial charge in [0.15, 0.2) is 12.2 Å². The minimum Gasteiger partial charge on any atom is -0.462 e. The standard InChI is InChI=1S/C78H152O17P2/c1-8-12-13-14-35-45-52-59-75(80)88-65-73(94-78(83)62-55-48-41-34-28-26-31-38-44-51-58-71(7)11-4)67-92-96(84,85)90-63-72(79)64-91-97(86,87)93-68-74(66-89-76(81)60-53-46-39-32-27-25-30-37-43-50-57-70(6)10-3)95-77(82)61-54-47-40-33-24-22-20-18-16-15-17-19-21-23-29-36-42-49-56-69(5)9-2/h69-74,79H,8-68H2,1-7H3,(H,84,85)(H,86,87)/t69?,70?,71?,72-,73+,74+/m0/s1. The number of carbonyl (C=O) groups is 4. The molecular formula is C78H152O17P2. The largest absolute Gasteiger partial charge is 0.472 e. The Morgan fingerprint density at radius 2 is 0.495 bits per heavy atom. The number of carbonyl (C=O) groups excluding carboxylic acids is 4. The minimum absolute atomic E-state index is 0.106. The second-order valence-electron chi connectivity index (χ2n) is 28.8. The maximum atomic E-state index is 13.1. The highest BCUT2D eigenvalue weighted by Crippen LogP contribution is 2.45.